The average molecular weight is 459 g/mol. The fraction of sp³-hybridized carbons (Fsp3) is 0.435. The molecule has 2 aliphatic carbocycles. The lowest BCUT2D eigenvalue weighted by atomic mass is 9.82. The molecule has 0 aromatic heterocycles. The van der Waals surface area contributed by atoms with E-state index in [1.165, 1.54) is 11.1 Å². The van der Waals surface area contributed by atoms with Crippen LogP contribution in [0.15, 0.2) is 41.5 Å². The van der Waals surface area contributed by atoms with Crippen molar-refractivity contribution in [2.45, 2.75) is 44.3 Å². The fourth-order valence-electron chi connectivity index (χ4n) is 4.95. The lowest BCUT2D eigenvalue weighted by molar-refractivity contribution is 0.0962. The molecule has 1 spiro atoms. The van der Waals surface area contributed by atoms with Crippen LogP contribution in [-0.4, -0.2) is 50.9 Å². The van der Waals surface area contributed by atoms with Gasteiger partial charge in [0.2, 0.25) is 0 Å². The number of benzene rings is 1. The van der Waals surface area contributed by atoms with Gasteiger partial charge in [0.15, 0.2) is 0 Å². The van der Waals surface area contributed by atoms with Crippen LogP contribution in [0.4, 0.5) is 17.1 Å². The van der Waals surface area contributed by atoms with Crippen molar-refractivity contribution in [3.63, 3.8) is 0 Å². The van der Waals surface area contributed by atoms with Crippen molar-refractivity contribution in [1.82, 2.24) is 5.32 Å². The lowest BCUT2D eigenvalue weighted by Crippen LogP contribution is -2.39. The summed E-state index contributed by atoms with van der Waals surface area (Å²) >= 11 is 0. The van der Waals surface area contributed by atoms with Crippen LogP contribution in [-0.2, 0) is 16.5 Å². The SMILES string of the molecule is CNC(=O)c1cc2c(c3c1CCC1(C=C4CC=CC=C4C1)N3)NC(C)N2C.CS(=O)(=O)O. The summed E-state index contributed by atoms with van der Waals surface area (Å²) in [6.45, 7) is 2.15. The number of hydrogen-bond acceptors (Lipinski definition) is 6. The van der Waals surface area contributed by atoms with E-state index in [9.17, 15) is 13.2 Å². The molecule has 0 bridgehead atoms. The highest BCUT2D eigenvalue weighted by molar-refractivity contribution is 7.85. The van der Waals surface area contributed by atoms with E-state index in [-0.39, 0.29) is 17.6 Å². The summed E-state index contributed by atoms with van der Waals surface area (Å²) in [7, 11) is 0.112. The number of fused-ring (bicyclic) bond motifs is 4. The van der Waals surface area contributed by atoms with Crippen LogP contribution < -0.4 is 20.9 Å². The Labute approximate surface area is 189 Å². The summed E-state index contributed by atoms with van der Waals surface area (Å²) in [6.07, 6.45) is 14.0. The highest BCUT2D eigenvalue weighted by Crippen LogP contribution is 2.51. The Balaban J connectivity index is 0.000000444. The standard InChI is InChI=1S/C22H26N4O.CH4O3S/c1-13-24-20-18(26(13)3)10-17(21(27)23-2)16-8-9-22(25-19(16)20)11-14-6-4-5-7-15(14)12-22;1-5(2,3)4/h4-6,10,12-13,24-25H,7-9,11H2,1-3H3,(H,23,27);1H3,(H,2,3,4). The summed E-state index contributed by atoms with van der Waals surface area (Å²) in [5.41, 5.74) is 8.12. The Hall–Kier alpha value is -2.78. The van der Waals surface area contributed by atoms with Crippen LogP contribution in [0.3, 0.4) is 0 Å². The highest BCUT2D eigenvalue weighted by atomic mass is 32.2. The number of anilines is 3. The molecule has 4 aliphatic rings. The minimum Gasteiger partial charge on any atom is -0.374 e. The van der Waals surface area contributed by atoms with Gasteiger partial charge in [-0.25, -0.2) is 0 Å². The second kappa shape index (κ2) is 7.97. The Morgan fingerprint density at radius 3 is 2.69 bits per heavy atom. The molecule has 172 valence electrons. The first-order valence-electron chi connectivity index (χ1n) is 10.7. The molecule has 2 aliphatic heterocycles. The fourth-order valence-corrected chi connectivity index (χ4v) is 4.95. The zero-order chi connectivity index (χ0) is 23.3. The Morgan fingerprint density at radius 1 is 1.31 bits per heavy atom. The average Bonchev–Trinajstić information content (AvgIpc) is 3.22. The van der Waals surface area contributed by atoms with Crippen LogP contribution in [0.2, 0.25) is 0 Å². The van der Waals surface area contributed by atoms with Gasteiger partial charge in [0.05, 0.1) is 35.0 Å². The van der Waals surface area contributed by atoms with Gasteiger partial charge >= 0.3 is 0 Å². The van der Waals surface area contributed by atoms with Crippen LogP contribution in [0, 0.1) is 0 Å². The molecule has 8 nitrogen and oxygen atoms in total. The predicted octanol–water partition coefficient (Wildman–Crippen LogP) is 3.07. The zero-order valence-corrected chi connectivity index (χ0v) is 19.6. The molecule has 1 amide bonds. The van der Waals surface area contributed by atoms with Gasteiger partial charge in [0, 0.05) is 19.7 Å². The van der Waals surface area contributed by atoms with Gasteiger partial charge in [-0.3, -0.25) is 9.35 Å². The summed E-state index contributed by atoms with van der Waals surface area (Å²) in [5.74, 6) is -0.00916. The lowest BCUT2D eigenvalue weighted by Gasteiger charge is -2.37. The van der Waals surface area contributed by atoms with Crippen LogP contribution >= 0.6 is 0 Å². The minimum atomic E-state index is -3.67. The van der Waals surface area contributed by atoms with Crippen LogP contribution in [0.1, 0.15) is 42.1 Å². The second-order valence-corrected chi connectivity index (χ2v) is 10.3. The number of carbonyl (C=O) groups excluding carboxylic acids is 1. The molecule has 0 saturated heterocycles. The van der Waals surface area contributed by atoms with E-state index in [0.29, 0.717) is 6.26 Å². The van der Waals surface area contributed by atoms with Gasteiger partial charge in [-0.05, 0) is 55.4 Å². The summed E-state index contributed by atoms with van der Waals surface area (Å²) in [5, 5.41) is 10.3. The maximum atomic E-state index is 12.6. The first kappa shape index (κ1) is 22.4. The maximum Gasteiger partial charge on any atom is 0.261 e. The number of nitrogens with one attached hydrogen (secondary N) is 3. The Bertz CT molecular complexity index is 1160. The van der Waals surface area contributed by atoms with Crippen molar-refractivity contribution in [2.75, 3.05) is 35.9 Å². The summed E-state index contributed by atoms with van der Waals surface area (Å²) in [4.78, 5) is 14.8. The van der Waals surface area contributed by atoms with Gasteiger partial charge in [-0.1, -0.05) is 24.3 Å². The van der Waals surface area contributed by atoms with E-state index in [4.69, 9.17) is 4.55 Å². The van der Waals surface area contributed by atoms with E-state index in [1.54, 1.807) is 7.05 Å². The van der Waals surface area contributed by atoms with Crippen molar-refractivity contribution < 1.29 is 17.8 Å². The van der Waals surface area contributed by atoms with E-state index in [0.717, 1.165) is 53.9 Å². The van der Waals surface area contributed by atoms with E-state index in [2.05, 4.69) is 59.1 Å². The number of nitrogens with zero attached hydrogens (tertiary/aromatic N) is 1. The quantitative estimate of drug-likeness (QED) is 0.479. The second-order valence-electron chi connectivity index (χ2n) is 8.87. The topological polar surface area (TPSA) is 111 Å². The summed E-state index contributed by atoms with van der Waals surface area (Å²) in [6, 6.07) is 2.04. The first-order chi connectivity index (χ1) is 15.0. The van der Waals surface area contributed by atoms with Gasteiger partial charge in [-0.15, -0.1) is 0 Å². The van der Waals surface area contributed by atoms with Gasteiger partial charge in [0.25, 0.3) is 16.0 Å². The molecule has 5 rings (SSSR count). The molecular weight excluding hydrogens is 428 g/mol. The minimum absolute atomic E-state index is 0.00916. The van der Waals surface area contributed by atoms with Crippen LogP contribution in [0.5, 0.6) is 0 Å². The monoisotopic (exact) mass is 458 g/mol. The molecule has 0 saturated carbocycles. The van der Waals surface area contributed by atoms with Crippen molar-refractivity contribution in [1.29, 1.82) is 0 Å². The molecule has 1 aromatic rings. The molecular formula is C23H30N4O4S. The third-order valence-electron chi connectivity index (χ3n) is 6.54. The van der Waals surface area contributed by atoms with Crippen molar-refractivity contribution in [3.05, 3.63) is 52.6 Å². The van der Waals surface area contributed by atoms with E-state index < -0.39 is 10.1 Å². The smallest absolute Gasteiger partial charge is 0.261 e. The van der Waals surface area contributed by atoms with Crippen molar-refractivity contribution in [3.8, 4) is 0 Å². The van der Waals surface area contributed by atoms with E-state index in [1.807, 2.05) is 6.07 Å². The third kappa shape index (κ3) is 4.14. The molecule has 0 fully saturated rings. The molecule has 2 atom stereocenters. The van der Waals surface area contributed by atoms with E-state index >= 15 is 0 Å². The Kier molecular flexibility index (Phi) is 5.58. The molecule has 0 radical (unpaired) electrons. The maximum absolute atomic E-state index is 12.6. The largest absolute Gasteiger partial charge is 0.374 e. The molecule has 2 heterocycles. The normalized spacial score (nSPS) is 24.8. The van der Waals surface area contributed by atoms with Crippen LogP contribution in [0.25, 0.3) is 0 Å². The zero-order valence-electron chi connectivity index (χ0n) is 18.8. The highest BCUT2D eigenvalue weighted by Gasteiger charge is 2.42. The Morgan fingerprint density at radius 2 is 2.03 bits per heavy atom. The molecule has 9 heteroatoms. The number of hydrogen-bond donors (Lipinski definition) is 4. The van der Waals surface area contributed by atoms with Gasteiger partial charge < -0.3 is 20.9 Å². The molecule has 32 heavy (non-hydrogen) atoms. The first-order valence-corrected chi connectivity index (χ1v) is 12.6. The van der Waals surface area contributed by atoms with Gasteiger partial charge in [0.1, 0.15) is 0 Å². The molecule has 1 aromatic carbocycles. The number of amides is 1. The molecule has 4 N–H and O–H groups in total. The van der Waals surface area contributed by atoms with Gasteiger partial charge in [-0.2, -0.15) is 8.42 Å². The number of rotatable bonds is 1. The number of carbonyl (C=O) groups is 1. The molecule has 2 unspecified atom stereocenters. The van der Waals surface area contributed by atoms with Crippen molar-refractivity contribution >= 4 is 33.1 Å². The third-order valence-corrected chi connectivity index (χ3v) is 6.54. The summed E-state index contributed by atoms with van der Waals surface area (Å²) < 4.78 is 25.9. The predicted molar refractivity (Wildman–Crippen MR) is 128 cm³/mol. The number of allylic oxidation sites excluding steroid dienone is 4. The van der Waals surface area contributed by atoms with Crippen molar-refractivity contribution in [2.24, 2.45) is 0 Å².